The summed E-state index contributed by atoms with van der Waals surface area (Å²) in [4.78, 5) is 4.94. The van der Waals surface area contributed by atoms with Gasteiger partial charge in [-0.1, -0.05) is 100 Å². The second-order valence-corrected chi connectivity index (χ2v) is 17.6. The van der Waals surface area contributed by atoms with Crippen LogP contribution in [0.25, 0.3) is 40.3 Å². The number of rotatable bonds is 2. The van der Waals surface area contributed by atoms with Gasteiger partial charge in [0.2, 0.25) is 0 Å². The van der Waals surface area contributed by atoms with Gasteiger partial charge in [-0.15, -0.1) is 22.7 Å². The van der Waals surface area contributed by atoms with Crippen molar-refractivity contribution in [3.05, 3.63) is 168 Å². The molecule has 0 saturated carbocycles. The van der Waals surface area contributed by atoms with Gasteiger partial charge in [0, 0.05) is 62.5 Å². The zero-order chi connectivity index (χ0) is 34.9. The Morgan fingerprint density at radius 1 is 0.346 bits per heavy atom. The highest BCUT2D eigenvalue weighted by Gasteiger charge is 2.38. The van der Waals surface area contributed by atoms with Gasteiger partial charge < -0.3 is 9.80 Å². The molecule has 0 aliphatic carbocycles. The molecule has 0 saturated heterocycles. The summed E-state index contributed by atoms with van der Waals surface area (Å²) in [5.74, 6) is 0. The summed E-state index contributed by atoms with van der Waals surface area (Å²) < 4.78 is 5.32. The van der Waals surface area contributed by atoms with E-state index in [4.69, 9.17) is 0 Å². The molecule has 4 heteroatoms. The van der Waals surface area contributed by atoms with Crippen LogP contribution in [-0.4, -0.2) is 0 Å². The summed E-state index contributed by atoms with van der Waals surface area (Å²) in [6, 6.07) is 54.7. The molecular formula is C48H36N2S2. The fourth-order valence-corrected chi connectivity index (χ4v) is 11.4. The molecule has 2 aromatic heterocycles. The minimum atomic E-state index is -0.0765. The molecule has 2 nitrogen and oxygen atoms in total. The van der Waals surface area contributed by atoms with E-state index in [2.05, 4.69) is 183 Å². The zero-order valence-electron chi connectivity index (χ0n) is 29.6. The van der Waals surface area contributed by atoms with E-state index in [9.17, 15) is 0 Å². The van der Waals surface area contributed by atoms with Crippen molar-refractivity contribution in [1.29, 1.82) is 0 Å². The van der Waals surface area contributed by atoms with Crippen molar-refractivity contribution in [3.8, 4) is 0 Å². The summed E-state index contributed by atoms with van der Waals surface area (Å²) in [5, 5.41) is 5.31. The van der Waals surface area contributed by atoms with Crippen LogP contribution < -0.4 is 9.80 Å². The van der Waals surface area contributed by atoms with Gasteiger partial charge in [0.1, 0.15) is 0 Å². The molecule has 250 valence electrons. The molecule has 0 fully saturated rings. The maximum atomic E-state index is 2.47. The molecule has 0 radical (unpaired) electrons. The second-order valence-electron chi connectivity index (χ2n) is 15.4. The maximum absolute atomic E-state index is 2.47. The molecule has 0 N–H and O–H groups in total. The van der Waals surface area contributed by atoms with Crippen LogP contribution in [0.2, 0.25) is 0 Å². The average Bonchev–Trinajstić information content (AvgIpc) is 3.71. The summed E-state index contributed by atoms with van der Waals surface area (Å²) >= 11 is 3.81. The lowest BCUT2D eigenvalue weighted by Crippen LogP contribution is -2.30. The smallest absolute Gasteiger partial charge is 0.0502 e. The monoisotopic (exact) mass is 704 g/mol. The molecule has 2 aliphatic rings. The van der Waals surface area contributed by atoms with E-state index in [1.807, 2.05) is 22.7 Å². The van der Waals surface area contributed by atoms with Gasteiger partial charge in [-0.25, -0.2) is 0 Å². The van der Waals surface area contributed by atoms with Crippen molar-refractivity contribution in [1.82, 2.24) is 0 Å². The topological polar surface area (TPSA) is 6.48 Å². The average molecular weight is 705 g/mol. The minimum absolute atomic E-state index is 0.0765. The number of anilines is 6. The highest BCUT2D eigenvalue weighted by Crippen LogP contribution is 2.54. The van der Waals surface area contributed by atoms with Crippen molar-refractivity contribution >= 4 is 97.1 Å². The molecule has 52 heavy (non-hydrogen) atoms. The number of hydrogen-bond donors (Lipinski definition) is 0. The number of para-hydroxylation sites is 4. The van der Waals surface area contributed by atoms with Gasteiger partial charge in [0.05, 0.1) is 22.7 Å². The lowest BCUT2D eigenvalue weighted by atomic mass is 9.73. The fraction of sp³-hybridized carbons (Fsp3) is 0.125. The molecule has 0 amide bonds. The fourth-order valence-electron chi connectivity index (χ4n) is 9.19. The third-order valence-electron chi connectivity index (χ3n) is 11.8. The zero-order valence-corrected chi connectivity index (χ0v) is 31.2. The first-order chi connectivity index (χ1) is 25.3. The second kappa shape index (κ2) is 10.6. The van der Waals surface area contributed by atoms with Crippen molar-refractivity contribution in [3.63, 3.8) is 0 Å². The first-order valence-corrected chi connectivity index (χ1v) is 19.7. The number of benzene rings is 7. The molecular weight excluding hydrogens is 669 g/mol. The third kappa shape index (κ3) is 4.05. The van der Waals surface area contributed by atoms with Crippen molar-refractivity contribution in [2.24, 2.45) is 0 Å². The summed E-state index contributed by atoms with van der Waals surface area (Å²) in [7, 11) is 0. The predicted octanol–water partition coefficient (Wildman–Crippen LogP) is 14.6. The van der Waals surface area contributed by atoms with Crippen LogP contribution in [0.1, 0.15) is 49.9 Å². The van der Waals surface area contributed by atoms with Crippen LogP contribution in [0, 0.1) is 0 Å². The molecule has 11 rings (SSSR count). The Hall–Kier alpha value is -5.42. The molecule has 7 aromatic carbocycles. The Morgan fingerprint density at radius 3 is 1.00 bits per heavy atom. The quantitative estimate of drug-likeness (QED) is 0.177. The highest BCUT2D eigenvalue weighted by atomic mass is 32.1. The minimum Gasteiger partial charge on any atom is -0.310 e. The van der Waals surface area contributed by atoms with Gasteiger partial charge >= 0.3 is 0 Å². The summed E-state index contributed by atoms with van der Waals surface area (Å²) in [5.41, 5.74) is 12.7. The Kier molecular flexibility index (Phi) is 6.14. The van der Waals surface area contributed by atoms with E-state index >= 15 is 0 Å². The van der Waals surface area contributed by atoms with Crippen LogP contribution in [0.4, 0.5) is 34.1 Å². The van der Waals surface area contributed by atoms with E-state index in [1.165, 1.54) is 96.7 Å². The Balaban J connectivity index is 1.07. The van der Waals surface area contributed by atoms with E-state index in [-0.39, 0.29) is 10.8 Å². The van der Waals surface area contributed by atoms with Gasteiger partial charge in [0.25, 0.3) is 0 Å². The first kappa shape index (κ1) is 30.2. The Morgan fingerprint density at radius 2 is 0.654 bits per heavy atom. The number of fused-ring (bicyclic) bond motifs is 10. The number of hydrogen-bond acceptors (Lipinski definition) is 4. The maximum Gasteiger partial charge on any atom is 0.0502 e. The highest BCUT2D eigenvalue weighted by molar-refractivity contribution is 7.27. The Labute approximate surface area is 311 Å². The SMILES string of the molecule is CC1(C)c2ccccc2N(c2ccc3sc4cc5c(cc4c3c2)sc2ccc(N3c4ccccc4C(C)(C)c4ccccc43)cc25)c2ccccc21. The largest absolute Gasteiger partial charge is 0.310 e. The van der Waals surface area contributed by atoms with Crippen LogP contribution in [0.3, 0.4) is 0 Å². The summed E-state index contributed by atoms with van der Waals surface area (Å²) in [6.45, 7) is 9.40. The van der Waals surface area contributed by atoms with E-state index < -0.39 is 0 Å². The molecule has 0 bridgehead atoms. The third-order valence-corrected chi connectivity index (χ3v) is 14.1. The summed E-state index contributed by atoms with van der Waals surface area (Å²) in [6.07, 6.45) is 0. The normalized spacial score (nSPS) is 15.5. The lowest BCUT2D eigenvalue weighted by Gasteiger charge is -2.42. The first-order valence-electron chi connectivity index (χ1n) is 18.1. The van der Waals surface area contributed by atoms with Crippen molar-refractivity contribution < 1.29 is 0 Å². The molecule has 0 unspecified atom stereocenters. The molecule has 2 aliphatic heterocycles. The van der Waals surface area contributed by atoms with Gasteiger partial charge in [-0.2, -0.15) is 0 Å². The molecule has 9 aromatic rings. The Bertz CT molecular complexity index is 2640. The van der Waals surface area contributed by atoms with Gasteiger partial charge in [-0.3, -0.25) is 0 Å². The lowest BCUT2D eigenvalue weighted by molar-refractivity contribution is 0.632. The van der Waals surface area contributed by atoms with Crippen LogP contribution in [0.15, 0.2) is 146 Å². The number of nitrogens with zero attached hydrogens (tertiary/aromatic N) is 2. The van der Waals surface area contributed by atoms with Crippen LogP contribution >= 0.6 is 22.7 Å². The van der Waals surface area contributed by atoms with Crippen LogP contribution in [0.5, 0.6) is 0 Å². The van der Waals surface area contributed by atoms with E-state index in [1.54, 1.807) is 0 Å². The predicted molar refractivity (Wildman–Crippen MR) is 226 cm³/mol. The van der Waals surface area contributed by atoms with E-state index in [0.29, 0.717) is 0 Å². The van der Waals surface area contributed by atoms with Gasteiger partial charge in [0.15, 0.2) is 0 Å². The van der Waals surface area contributed by atoms with Crippen molar-refractivity contribution in [2.75, 3.05) is 9.80 Å². The molecule has 0 atom stereocenters. The van der Waals surface area contributed by atoms with Crippen molar-refractivity contribution in [2.45, 2.75) is 38.5 Å². The van der Waals surface area contributed by atoms with E-state index in [0.717, 1.165) is 0 Å². The van der Waals surface area contributed by atoms with Gasteiger partial charge in [-0.05, 0) is 95.1 Å². The number of thiophene rings is 2. The molecule has 4 heterocycles. The standard InChI is InChI=1S/C48H36N2S2/c1-47(2)35-13-5-9-17-39(35)49(40-18-10-6-14-36(40)47)29-21-23-43-31(25-29)33-27-46-34(28-45(33)51-43)32-26-30(22-24-44(32)52-46)50-41-19-11-7-15-37(41)48(3,4)38-16-8-12-20-42(38)50/h5-28H,1-4H3. The molecule has 0 spiro atoms. The van der Waals surface area contributed by atoms with Crippen LogP contribution in [-0.2, 0) is 10.8 Å².